The first-order valence-electron chi connectivity index (χ1n) is 8.37. The third-order valence-corrected chi connectivity index (χ3v) is 5.50. The van der Waals surface area contributed by atoms with Crippen LogP contribution in [0.3, 0.4) is 0 Å². The van der Waals surface area contributed by atoms with Gasteiger partial charge in [-0.15, -0.1) is 0 Å². The maximum Gasteiger partial charge on any atom is 0.190 e. The highest BCUT2D eigenvalue weighted by atomic mass is 15.1. The average Bonchev–Trinajstić information content (AvgIpc) is 2.67. The van der Waals surface area contributed by atoms with Gasteiger partial charge >= 0.3 is 0 Å². The number of quaternary nitrogens is 1. The summed E-state index contributed by atoms with van der Waals surface area (Å²) >= 11 is 0. The van der Waals surface area contributed by atoms with E-state index in [9.17, 15) is 15.8 Å². The minimum atomic E-state index is -1.64. The first-order chi connectivity index (χ1) is 12.1. The molecular formula is C19H19N6+. The Hall–Kier alpha value is -3.01. The van der Waals surface area contributed by atoms with Gasteiger partial charge in [0.1, 0.15) is 5.92 Å². The number of pyridine rings is 1. The van der Waals surface area contributed by atoms with Crippen LogP contribution >= 0.6 is 0 Å². The summed E-state index contributed by atoms with van der Waals surface area (Å²) in [4.78, 5) is 5.50. The lowest BCUT2D eigenvalue weighted by molar-refractivity contribution is -0.897. The zero-order chi connectivity index (χ0) is 18.0. The van der Waals surface area contributed by atoms with E-state index in [0.29, 0.717) is 0 Å². The van der Waals surface area contributed by atoms with Crippen molar-refractivity contribution < 1.29 is 4.90 Å². The molecular weight excluding hydrogens is 312 g/mol. The Labute approximate surface area is 147 Å². The fourth-order valence-electron chi connectivity index (χ4n) is 4.19. The first kappa shape index (κ1) is 16.8. The smallest absolute Gasteiger partial charge is 0.190 e. The fourth-order valence-corrected chi connectivity index (χ4v) is 4.19. The van der Waals surface area contributed by atoms with Crippen molar-refractivity contribution in [2.45, 2.75) is 12.8 Å². The zero-order valence-electron chi connectivity index (χ0n) is 14.0. The standard InChI is InChI=1S/C19H18N6/c1-2-25-7-5-14-15(8-20)18(23)19(11-21,12-22)17(16(14)10-25)13-4-3-6-24-9-13/h3-6,9,15-17,23H,2,7,10H2,1H3/p+1/t15?,16-,17+/m1/s1. The zero-order valence-corrected chi connectivity index (χ0v) is 14.0. The minimum absolute atomic E-state index is 0.101. The quantitative estimate of drug-likeness (QED) is 0.782. The van der Waals surface area contributed by atoms with Crippen molar-refractivity contribution in [3.63, 3.8) is 0 Å². The summed E-state index contributed by atoms with van der Waals surface area (Å²) < 4.78 is 0. The lowest BCUT2D eigenvalue weighted by Crippen LogP contribution is -3.13. The molecule has 3 rings (SSSR count). The summed E-state index contributed by atoms with van der Waals surface area (Å²) in [6, 6.07) is 9.99. The average molecular weight is 331 g/mol. The highest BCUT2D eigenvalue weighted by molar-refractivity contribution is 6.00. The molecule has 1 aromatic rings. The number of aromatic nitrogens is 1. The van der Waals surface area contributed by atoms with Gasteiger partial charge in [0.2, 0.25) is 0 Å². The molecule has 4 atom stereocenters. The van der Waals surface area contributed by atoms with Crippen LogP contribution in [0.4, 0.5) is 0 Å². The SMILES string of the molecule is CC[NH+]1CC=C2C(C#N)C(=N)C(C#N)(C#N)[C@@H](c3cccnc3)[C@@H]2C1. The number of rotatable bonds is 2. The molecule has 6 nitrogen and oxygen atoms in total. The van der Waals surface area contributed by atoms with Gasteiger partial charge in [0.05, 0.1) is 43.6 Å². The van der Waals surface area contributed by atoms with E-state index in [1.165, 1.54) is 4.90 Å². The Morgan fingerprint density at radius 3 is 2.68 bits per heavy atom. The Morgan fingerprint density at radius 1 is 1.36 bits per heavy atom. The van der Waals surface area contributed by atoms with Gasteiger partial charge in [-0.3, -0.25) is 4.98 Å². The van der Waals surface area contributed by atoms with Crippen LogP contribution in [0.2, 0.25) is 0 Å². The van der Waals surface area contributed by atoms with Crippen LogP contribution < -0.4 is 4.90 Å². The van der Waals surface area contributed by atoms with Gasteiger partial charge in [0.15, 0.2) is 5.41 Å². The summed E-state index contributed by atoms with van der Waals surface area (Å²) in [6.45, 7) is 4.58. The predicted molar refractivity (Wildman–Crippen MR) is 90.3 cm³/mol. The van der Waals surface area contributed by atoms with Gasteiger partial charge in [0, 0.05) is 24.2 Å². The number of hydrogen-bond donors (Lipinski definition) is 2. The molecule has 1 saturated carbocycles. The molecule has 2 unspecified atom stereocenters. The van der Waals surface area contributed by atoms with E-state index in [1.807, 2.05) is 12.1 Å². The van der Waals surface area contributed by atoms with Crippen LogP contribution in [-0.2, 0) is 0 Å². The van der Waals surface area contributed by atoms with E-state index >= 15 is 0 Å². The molecule has 25 heavy (non-hydrogen) atoms. The van der Waals surface area contributed by atoms with Gasteiger partial charge in [-0.25, -0.2) is 0 Å². The Kier molecular flexibility index (Phi) is 4.36. The molecule has 124 valence electrons. The normalized spacial score (nSPS) is 30.2. The Morgan fingerprint density at radius 2 is 2.12 bits per heavy atom. The summed E-state index contributed by atoms with van der Waals surface area (Å²) in [7, 11) is 0. The molecule has 1 aliphatic carbocycles. The molecule has 6 heteroatoms. The fraction of sp³-hybridized carbons (Fsp3) is 0.421. The van der Waals surface area contributed by atoms with Crippen LogP contribution in [0.1, 0.15) is 18.4 Å². The van der Waals surface area contributed by atoms with E-state index in [1.54, 1.807) is 18.5 Å². The molecule has 0 bridgehead atoms. The van der Waals surface area contributed by atoms with Crippen molar-refractivity contribution in [3.05, 3.63) is 41.7 Å². The third-order valence-electron chi connectivity index (χ3n) is 5.50. The number of likely N-dealkylation sites (N-methyl/N-ethyl adjacent to an activating group) is 1. The molecule has 1 aromatic heterocycles. The van der Waals surface area contributed by atoms with Gasteiger partial charge in [-0.05, 0) is 30.2 Å². The highest BCUT2D eigenvalue weighted by Gasteiger charge is 2.58. The van der Waals surface area contributed by atoms with Crippen molar-refractivity contribution in [1.29, 1.82) is 21.2 Å². The van der Waals surface area contributed by atoms with E-state index in [4.69, 9.17) is 5.41 Å². The lowest BCUT2D eigenvalue weighted by Gasteiger charge is -2.46. The molecule has 0 radical (unpaired) electrons. The summed E-state index contributed by atoms with van der Waals surface area (Å²) in [5.41, 5.74) is -0.0716. The number of hydrogen-bond acceptors (Lipinski definition) is 5. The van der Waals surface area contributed by atoms with Gasteiger partial charge in [-0.2, -0.15) is 15.8 Å². The summed E-state index contributed by atoms with van der Waals surface area (Å²) in [5.74, 6) is -1.40. The molecule has 1 aliphatic heterocycles. The largest absolute Gasteiger partial charge is 0.331 e. The summed E-state index contributed by atoms with van der Waals surface area (Å²) in [5, 5.41) is 37.9. The van der Waals surface area contributed by atoms with E-state index in [2.05, 4.69) is 30.1 Å². The van der Waals surface area contributed by atoms with Crippen molar-refractivity contribution in [3.8, 4) is 18.2 Å². The number of fused-ring (bicyclic) bond motifs is 1. The molecule has 0 amide bonds. The highest BCUT2D eigenvalue weighted by Crippen LogP contribution is 2.52. The van der Waals surface area contributed by atoms with Gasteiger partial charge < -0.3 is 10.3 Å². The predicted octanol–water partition coefficient (Wildman–Crippen LogP) is 0.833. The van der Waals surface area contributed by atoms with Gasteiger partial charge in [0.25, 0.3) is 0 Å². The summed E-state index contributed by atoms with van der Waals surface area (Å²) in [6.07, 6.45) is 5.36. The monoisotopic (exact) mass is 331 g/mol. The van der Waals surface area contributed by atoms with E-state index in [0.717, 1.165) is 30.8 Å². The molecule has 1 fully saturated rings. The molecule has 0 saturated heterocycles. The first-order valence-corrected chi connectivity index (χ1v) is 8.37. The minimum Gasteiger partial charge on any atom is -0.331 e. The van der Waals surface area contributed by atoms with Crippen LogP contribution in [0, 0.1) is 56.7 Å². The second-order valence-corrected chi connectivity index (χ2v) is 6.59. The number of nitrogens with one attached hydrogen (secondary N) is 2. The van der Waals surface area contributed by atoms with Crippen molar-refractivity contribution >= 4 is 5.71 Å². The lowest BCUT2D eigenvalue weighted by atomic mass is 9.54. The molecule has 2 N–H and O–H groups in total. The van der Waals surface area contributed by atoms with E-state index in [-0.39, 0.29) is 11.6 Å². The third kappa shape index (κ3) is 2.41. The van der Waals surface area contributed by atoms with Gasteiger partial charge in [-0.1, -0.05) is 6.07 Å². The Bertz CT molecular complexity index is 821. The topological polar surface area (TPSA) is 113 Å². The maximum absolute atomic E-state index is 9.90. The van der Waals surface area contributed by atoms with Crippen LogP contribution in [-0.4, -0.2) is 30.3 Å². The van der Waals surface area contributed by atoms with Crippen molar-refractivity contribution in [2.24, 2.45) is 17.3 Å². The van der Waals surface area contributed by atoms with Crippen molar-refractivity contribution in [2.75, 3.05) is 19.6 Å². The Balaban J connectivity index is 2.24. The molecule has 0 aromatic carbocycles. The van der Waals surface area contributed by atoms with Crippen LogP contribution in [0.25, 0.3) is 0 Å². The second-order valence-electron chi connectivity index (χ2n) is 6.59. The second kappa shape index (κ2) is 6.48. The molecule has 2 aliphatic rings. The molecule has 0 spiro atoms. The van der Waals surface area contributed by atoms with Crippen LogP contribution in [0.5, 0.6) is 0 Å². The number of nitrogens with zero attached hydrogens (tertiary/aromatic N) is 4. The molecule has 2 heterocycles. The van der Waals surface area contributed by atoms with Crippen LogP contribution in [0.15, 0.2) is 36.2 Å². The van der Waals surface area contributed by atoms with Crippen molar-refractivity contribution in [1.82, 2.24) is 4.98 Å². The van der Waals surface area contributed by atoms with E-state index < -0.39 is 17.3 Å². The number of nitriles is 3. The maximum atomic E-state index is 9.90.